The summed E-state index contributed by atoms with van der Waals surface area (Å²) in [5.41, 5.74) is 0. The van der Waals surface area contributed by atoms with Crippen molar-refractivity contribution in [1.82, 2.24) is 14.9 Å². The standard InChI is InChI=1S/C8H15N3O/c1-7(12)5-9-6-8-10-3-4-11(8)2/h3-4,7,9,12H,5-6H2,1-2H3. The molecule has 0 spiro atoms. The smallest absolute Gasteiger partial charge is 0.122 e. The molecule has 1 unspecified atom stereocenters. The van der Waals surface area contributed by atoms with E-state index in [0.717, 1.165) is 5.82 Å². The molecule has 0 amide bonds. The molecule has 4 nitrogen and oxygen atoms in total. The van der Waals surface area contributed by atoms with Gasteiger partial charge >= 0.3 is 0 Å². The van der Waals surface area contributed by atoms with Crippen LogP contribution in [0.1, 0.15) is 12.7 Å². The summed E-state index contributed by atoms with van der Waals surface area (Å²) >= 11 is 0. The zero-order valence-electron chi connectivity index (χ0n) is 7.49. The molecule has 2 N–H and O–H groups in total. The third-order valence-electron chi connectivity index (χ3n) is 1.64. The minimum Gasteiger partial charge on any atom is -0.392 e. The molecular weight excluding hydrogens is 154 g/mol. The van der Waals surface area contributed by atoms with Gasteiger partial charge in [0, 0.05) is 26.0 Å². The van der Waals surface area contributed by atoms with Gasteiger partial charge in [0.25, 0.3) is 0 Å². The van der Waals surface area contributed by atoms with E-state index in [0.29, 0.717) is 13.1 Å². The SMILES string of the molecule is CC(O)CNCc1nccn1C. The Morgan fingerprint density at radius 2 is 2.50 bits per heavy atom. The lowest BCUT2D eigenvalue weighted by atomic mass is 10.4. The number of aromatic nitrogens is 2. The number of nitrogens with one attached hydrogen (secondary N) is 1. The lowest BCUT2D eigenvalue weighted by Gasteiger charge is -2.06. The van der Waals surface area contributed by atoms with E-state index in [4.69, 9.17) is 5.11 Å². The van der Waals surface area contributed by atoms with E-state index in [9.17, 15) is 0 Å². The van der Waals surface area contributed by atoms with Crippen molar-refractivity contribution in [2.45, 2.75) is 19.6 Å². The maximum absolute atomic E-state index is 8.96. The quantitative estimate of drug-likeness (QED) is 0.661. The van der Waals surface area contributed by atoms with Crippen molar-refractivity contribution in [3.8, 4) is 0 Å². The second-order valence-corrected chi connectivity index (χ2v) is 2.93. The van der Waals surface area contributed by atoms with E-state index in [2.05, 4.69) is 10.3 Å². The van der Waals surface area contributed by atoms with Gasteiger partial charge in [-0.2, -0.15) is 0 Å². The van der Waals surface area contributed by atoms with Crippen molar-refractivity contribution in [3.63, 3.8) is 0 Å². The van der Waals surface area contributed by atoms with Crippen LogP contribution in [0.15, 0.2) is 12.4 Å². The van der Waals surface area contributed by atoms with Crippen LogP contribution in [-0.4, -0.2) is 27.3 Å². The molecule has 0 aliphatic rings. The van der Waals surface area contributed by atoms with Gasteiger partial charge in [-0.1, -0.05) is 0 Å². The lowest BCUT2D eigenvalue weighted by Crippen LogP contribution is -2.25. The molecule has 0 saturated heterocycles. The Labute approximate surface area is 72.2 Å². The zero-order valence-corrected chi connectivity index (χ0v) is 7.49. The van der Waals surface area contributed by atoms with Gasteiger partial charge in [-0.3, -0.25) is 0 Å². The van der Waals surface area contributed by atoms with Gasteiger partial charge in [0.2, 0.25) is 0 Å². The highest BCUT2D eigenvalue weighted by Crippen LogP contribution is 1.92. The fraction of sp³-hybridized carbons (Fsp3) is 0.625. The van der Waals surface area contributed by atoms with E-state index in [1.807, 2.05) is 17.8 Å². The summed E-state index contributed by atoms with van der Waals surface area (Å²) in [5, 5.41) is 12.1. The summed E-state index contributed by atoms with van der Waals surface area (Å²) in [6.07, 6.45) is 3.36. The number of rotatable bonds is 4. The first-order chi connectivity index (χ1) is 5.70. The molecule has 0 radical (unpaired) electrons. The van der Waals surface area contributed by atoms with Crippen LogP contribution in [0.4, 0.5) is 0 Å². The van der Waals surface area contributed by atoms with Crippen molar-refractivity contribution in [2.75, 3.05) is 6.54 Å². The number of hydrogen-bond acceptors (Lipinski definition) is 3. The lowest BCUT2D eigenvalue weighted by molar-refractivity contribution is 0.190. The normalized spacial score (nSPS) is 13.2. The summed E-state index contributed by atoms with van der Waals surface area (Å²) in [4.78, 5) is 4.13. The Balaban J connectivity index is 2.29. The Morgan fingerprint density at radius 3 is 3.00 bits per heavy atom. The summed E-state index contributed by atoms with van der Waals surface area (Å²) in [6.45, 7) is 3.06. The van der Waals surface area contributed by atoms with Gasteiger partial charge < -0.3 is 15.0 Å². The van der Waals surface area contributed by atoms with Crippen LogP contribution in [0.25, 0.3) is 0 Å². The van der Waals surface area contributed by atoms with E-state index in [-0.39, 0.29) is 6.10 Å². The number of aliphatic hydroxyl groups is 1. The highest BCUT2D eigenvalue weighted by Gasteiger charge is 1.98. The molecule has 0 saturated carbocycles. The van der Waals surface area contributed by atoms with Gasteiger partial charge in [0.1, 0.15) is 5.82 Å². The third kappa shape index (κ3) is 2.64. The van der Waals surface area contributed by atoms with E-state index >= 15 is 0 Å². The Bertz CT molecular complexity index is 232. The molecule has 12 heavy (non-hydrogen) atoms. The average molecular weight is 169 g/mol. The molecule has 68 valence electrons. The summed E-state index contributed by atoms with van der Waals surface area (Å²) in [6, 6.07) is 0. The maximum atomic E-state index is 8.96. The fourth-order valence-electron chi connectivity index (χ4n) is 0.960. The van der Waals surface area contributed by atoms with Gasteiger partial charge in [0.05, 0.1) is 12.6 Å². The Kier molecular flexibility index (Phi) is 3.25. The number of imidazole rings is 1. The topological polar surface area (TPSA) is 50.1 Å². The maximum Gasteiger partial charge on any atom is 0.122 e. The third-order valence-corrected chi connectivity index (χ3v) is 1.64. The minimum absolute atomic E-state index is 0.301. The van der Waals surface area contributed by atoms with Crippen molar-refractivity contribution >= 4 is 0 Å². The molecule has 1 aromatic rings. The van der Waals surface area contributed by atoms with Crippen molar-refractivity contribution < 1.29 is 5.11 Å². The van der Waals surface area contributed by atoms with Crippen LogP contribution < -0.4 is 5.32 Å². The van der Waals surface area contributed by atoms with Gasteiger partial charge in [0.15, 0.2) is 0 Å². The number of aryl methyl sites for hydroxylation is 1. The van der Waals surface area contributed by atoms with Crippen LogP contribution in [0, 0.1) is 0 Å². The summed E-state index contributed by atoms with van der Waals surface area (Å²) < 4.78 is 1.95. The Morgan fingerprint density at radius 1 is 1.75 bits per heavy atom. The van der Waals surface area contributed by atoms with Crippen LogP contribution >= 0.6 is 0 Å². The summed E-state index contributed by atoms with van der Waals surface area (Å²) in [7, 11) is 1.95. The minimum atomic E-state index is -0.301. The van der Waals surface area contributed by atoms with Crippen LogP contribution in [-0.2, 0) is 13.6 Å². The monoisotopic (exact) mass is 169 g/mol. The van der Waals surface area contributed by atoms with Gasteiger partial charge in [-0.15, -0.1) is 0 Å². The van der Waals surface area contributed by atoms with Crippen LogP contribution in [0.3, 0.4) is 0 Å². The number of hydrogen-bond donors (Lipinski definition) is 2. The van der Waals surface area contributed by atoms with Gasteiger partial charge in [-0.05, 0) is 6.92 Å². The van der Waals surface area contributed by atoms with E-state index in [1.165, 1.54) is 0 Å². The van der Waals surface area contributed by atoms with Crippen molar-refractivity contribution in [2.24, 2.45) is 7.05 Å². The highest BCUT2D eigenvalue weighted by atomic mass is 16.3. The first-order valence-electron chi connectivity index (χ1n) is 4.05. The first kappa shape index (κ1) is 9.22. The fourth-order valence-corrected chi connectivity index (χ4v) is 0.960. The number of nitrogens with zero attached hydrogens (tertiary/aromatic N) is 2. The molecule has 0 bridgehead atoms. The molecule has 0 aliphatic heterocycles. The van der Waals surface area contributed by atoms with Gasteiger partial charge in [-0.25, -0.2) is 4.98 Å². The van der Waals surface area contributed by atoms with Crippen LogP contribution in [0.2, 0.25) is 0 Å². The highest BCUT2D eigenvalue weighted by molar-refractivity contribution is 4.90. The molecular formula is C8H15N3O. The molecule has 1 atom stereocenters. The Hall–Kier alpha value is -0.870. The average Bonchev–Trinajstić information content (AvgIpc) is 2.36. The molecule has 4 heteroatoms. The van der Waals surface area contributed by atoms with Crippen molar-refractivity contribution in [1.29, 1.82) is 0 Å². The molecule has 0 fully saturated rings. The summed E-state index contributed by atoms with van der Waals surface area (Å²) in [5.74, 6) is 0.982. The predicted molar refractivity (Wildman–Crippen MR) is 46.6 cm³/mol. The second kappa shape index (κ2) is 4.23. The molecule has 1 aromatic heterocycles. The number of aliphatic hydroxyl groups excluding tert-OH is 1. The molecule has 0 aliphatic carbocycles. The molecule has 1 heterocycles. The zero-order chi connectivity index (χ0) is 8.97. The van der Waals surface area contributed by atoms with Crippen molar-refractivity contribution in [3.05, 3.63) is 18.2 Å². The molecule has 1 rings (SSSR count). The largest absolute Gasteiger partial charge is 0.392 e. The predicted octanol–water partition coefficient (Wildman–Crippen LogP) is -0.110. The molecule has 0 aromatic carbocycles. The first-order valence-corrected chi connectivity index (χ1v) is 4.05. The second-order valence-electron chi connectivity index (χ2n) is 2.93. The van der Waals surface area contributed by atoms with E-state index < -0.39 is 0 Å². The van der Waals surface area contributed by atoms with Crippen LogP contribution in [0.5, 0.6) is 0 Å². The van der Waals surface area contributed by atoms with E-state index in [1.54, 1.807) is 13.1 Å².